The molecule has 6 aliphatic carbocycles. The molecular formula is C43H69N3O10. The van der Waals surface area contributed by atoms with Gasteiger partial charge >= 0.3 is 11.9 Å². The van der Waals surface area contributed by atoms with Gasteiger partial charge in [-0.3, -0.25) is 29.3 Å². The van der Waals surface area contributed by atoms with Crippen LogP contribution < -0.4 is 10.6 Å². The van der Waals surface area contributed by atoms with Gasteiger partial charge in [0, 0.05) is 29.8 Å². The van der Waals surface area contributed by atoms with Gasteiger partial charge in [-0.1, -0.05) is 26.7 Å². The van der Waals surface area contributed by atoms with Gasteiger partial charge in [0.25, 0.3) is 0 Å². The van der Waals surface area contributed by atoms with E-state index in [-0.39, 0.29) is 66.9 Å². The molecule has 0 spiro atoms. The third-order valence-electron chi connectivity index (χ3n) is 15.5. The van der Waals surface area contributed by atoms with Gasteiger partial charge in [-0.05, 0) is 139 Å². The lowest BCUT2D eigenvalue weighted by Gasteiger charge is -2.47. The van der Waals surface area contributed by atoms with Gasteiger partial charge in [0.1, 0.15) is 0 Å². The SMILES string of the molecule is CC(C)(C1CCC(OC2CCC(NC(=O)C3CCCCC3C(=O)O)CC2)CC1)C1CCC(OC2CCC(NC(=O)C3CCC([N+](=O)[O-])CC3C(=O)O)CC2)CC1. The molecule has 2 amide bonds. The topological polar surface area (TPSA) is 194 Å². The Balaban J connectivity index is 0.845. The normalized spacial score (nSPS) is 38.5. The van der Waals surface area contributed by atoms with Gasteiger partial charge in [-0.25, -0.2) is 0 Å². The molecule has 4 N–H and O–H groups in total. The van der Waals surface area contributed by atoms with Gasteiger partial charge < -0.3 is 30.3 Å². The minimum Gasteiger partial charge on any atom is -0.481 e. The third kappa shape index (κ3) is 10.8. The summed E-state index contributed by atoms with van der Waals surface area (Å²) in [4.78, 5) is 60.4. The van der Waals surface area contributed by atoms with Crippen LogP contribution in [0.25, 0.3) is 0 Å². The van der Waals surface area contributed by atoms with Crippen molar-refractivity contribution >= 4 is 23.8 Å². The Morgan fingerprint density at radius 2 is 0.911 bits per heavy atom. The van der Waals surface area contributed by atoms with E-state index < -0.39 is 46.6 Å². The van der Waals surface area contributed by atoms with Gasteiger partial charge in [0.15, 0.2) is 0 Å². The number of carboxylic acids is 2. The number of aliphatic carboxylic acids is 2. The molecule has 6 fully saturated rings. The van der Waals surface area contributed by atoms with Crippen LogP contribution in [-0.2, 0) is 28.7 Å². The second-order valence-electron chi connectivity index (χ2n) is 19.1. The molecule has 0 aromatic heterocycles. The monoisotopic (exact) mass is 787 g/mol. The van der Waals surface area contributed by atoms with Crippen LogP contribution in [0.1, 0.15) is 162 Å². The standard InChI is InChI=1S/C43H69N3O10/c1-43(2,26-7-16-31(17-8-26)55-33-20-11-28(12-21-33)44-39(47)35-5-3-4-6-37(35)41(49)50)27-9-18-32(19-10-27)56-34-22-13-29(14-23-34)45-40(48)36-24-15-30(46(53)54)25-38(36)42(51)52/h26-38H,3-25H2,1-2H3,(H,44,47)(H,45,48)(H,49,50)(H,51,52). The smallest absolute Gasteiger partial charge is 0.307 e. The molecule has 13 heteroatoms. The summed E-state index contributed by atoms with van der Waals surface area (Å²) in [7, 11) is 0. The second kappa shape index (κ2) is 19.3. The Morgan fingerprint density at radius 1 is 0.536 bits per heavy atom. The number of amides is 2. The van der Waals surface area contributed by atoms with E-state index in [0.29, 0.717) is 30.8 Å². The van der Waals surface area contributed by atoms with Crippen LogP contribution in [0, 0.1) is 51.0 Å². The Hall–Kier alpha value is -2.80. The summed E-state index contributed by atoms with van der Waals surface area (Å²) in [6.07, 6.45) is 20.6. The fourth-order valence-corrected chi connectivity index (χ4v) is 11.7. The van der Waals surface area contributed by atoms with Crippen molar-refractivity contribution in [2.45, 2.75) is 204 Å². The molecule has 6 rings (SSSR count). The number of hydrogen-bond acceptors (Lipinski definition) is 8. The molecule has 0 heterocycles. The molecule has 5 unspecified atom stereocenters. The molecule has 0 radical (unpaired) electrons. The number of ether oxygens (including phenoxy) is 2. The average Bonchev–Trinajstić information content (AvgIpc) is 3.19. The number of nitrogens with zero attached hydrogens (tertiary/aromatic N) is 1. The lowest BCUT2D eigenvalue weighted by molar-refractivity contribution is -0.528. The maximum Gasteiger partial charge on any atom is 0.307 e. The molecule has 316 valence electrons. The minimum absolute atomic E-state index is 0.0149. The molecule has 13 nitrogen and oxygen atoms in total. The van der Waals surface area contributed by atoms with E-state index >= 15 is 0 Å². The first-order valence-corrected chi connectivity index (χ1v) is 22.3. The molecule has 0 aromatic rings. The number of hydrogen-bond donors (Lipinski definition) is 4. The summed E-state index contributed by atoms with van der Waals surface area (Å²) in [5.41, 5.74) is 0.267. The van der Waals surface area contributed by atoms with Crippen molar-refractivity contribution < 1.29 is 43.8 Å². The highest BCUT2D eigenvalue weighted by atomic mass is 16.6. The van der Waals surface area contributed by atoms with Crippen LogP contribution >= 0.6 is 0 Å². The van der Waals surface area contributed by atoms with E-state index in [0.717, 1.165) is 89.9 Å². The van der Waals surface area contributed by atoms with E-state index in [1.807, 2.05) is 0 Å². The summed E-state index contributed by atoms with van der Waals surface area (Å²) < 4.78 is 13.3. The highest BCUT2D eigenvalue weighted by Crippen LogP contribution is 2.49. The number of carbonyl (C=O) groups is 4. The summed E-state index contributed by atoms with van der Waals surface area (Å²) in [6, 6.07) is -0.795. The third-order valence-corrected chi connectivity index (χ3v) is 15.5. The Bertz CT molecular complexity index is 1360. The average molecular weight is 788 g/mol. The zero-order chi connectivity index (χ0) is 40.0. The number of carboxylic acid groups (broad SMARTS) is 2. The molecule has 56 heavy (non-hydrogen) atoms. The first-order valence-electron chi connectivity index (χ1n) is 22.3. The van der Waals surface area contributed by atoms with Crippen LogP contribution in [-0.4, -0.2) is 81.4 Å². The van der Waals surface area contributed by atoms with Gasteiger partial charge in [0.2, 0.25) is 17.9 Å². The van der Waals surface area contributed by atoms with Crippen molar-refractivity contribution in [2.75, 3.05) is 0 Å². The van der Waals surface area contributed by atoms with Crippen molar-refractivity contribution in [1.29, 1.82) is 0 Å². The van der Waals surface area contributed by atoms with Crippen LogP contribution in [0.4, 0.5) is 0 Å². The van der Waals surface area contributed by atoms with Crippen molar-refractivity contribution in [3.63, 3.8) is 0 Å². The summed E-state index contributed by atoms with van der Waals surface area (Å²) in [6.45, 7) is 4.96. The molecule has 6 saturated carbocycles. The fraction of sp³-hybridized carbons (Fsp3) is 0.907. The summed E-state index contributed by atoms with van der Waals surface area (Å²) in [5, 5.41) is 36.7. The van der Waals surface area contributed by atoms with Crippen molar-refractivity contribution in [2.24, 2.45) is 40.9 Å². The highest BCUT2D eigenvalue weighted by Gasteiger charge is 2.45. The Morgan fingerprint density at radius 3 is 1.30 bits per heavy atom. The Labute approximate surface area is 332 Å². The number of nitrogens with one attached hydrogen (secondary N) is 2. The van der Waals surface area contributed by atoms with E-state index in [1.165, 1.54) is 25.7 Å². The highest BCUT2D eigenvalue weighted by molar-refractivity contribution is 5.85. The zero-order valence-corrected chi connectivity index (χ0v) is 33.9. The van der Waals surface area contributed by atoms with Crippen molar-refractivity contribution in [1.82, 2.24) is 10.6 Å². The zero-order valence-electron chi connectivity index (χ0n) is 33.9. The molecule has 0 aromatic carbocycles. The largest absolute Gasteiger partial charge is 0.481 e. The predicted molar refractivity (Wildman–Crippen MR) is 208 cm³/mol. The molecular weight excluding hydrogens is 718 g/mol. The maximum atomic E-state index is 13.1. The first-order chi connectivity index (χ1) is 26.8. The number of rotatable bonds is 13. The molecule has 0 bridgehead atoms. The molecule has 0 aliphatic heterocycles. The van der Waals surface area contributed by atoms with Crippen molar-refractivity contribution in [3.05, 3.63) is 10.1 Å². The Kier molecular flexibility index (Phi) is 14.8. The van der Waals surface area contributed by atoms with E-state index in [9.17, 15) is 39.5 Å². The van der Waals surface area contributed by atoms with E-state index in [1.54, 1.807) is 0 Å². The molecule has 6 aliphatic rings. The summed E-state index contributed by atoms with van der Waals surface area (Å²) in [5.74, 6) is -3.64. The van der Waals surface area contributed by atoms with E-state index in [4.69, 9.17) is 9.47 Å². The van der Waals surface area contributed by atoms with Crippen LogP contribution in [0.15, 0.2) is 0 Å². The van der Waals surface area contributed by atoms with Gasteiger partial charge in [-0.15, -0.1) is 0 Å². The second-order valence-corrected chi connectivity index (χ2v) is 19.1. The molecule has 0 saturated heterocycles. The first kappa shape index (κ1) is 42.8. The lowest BCUT2D eigenvalue weighted by Crippen LogP contribution is -2.48. The minimum atomic E-state index is -1.13. The predicted octanol–water partition coefficient (Wildman–Crippen LogP) is 7.06. The van der Waals surface area contributed by atoms with Gasteiger partial charge in [0.05, 0.1) is 48.1 Å². The van der Waals surface area contributed by atoms with Crippen LogP contribution in [0.5, 0.6) is 0 Å². The van der Waals surface area contributed by atoms with Crippen molar-refractivity contribution in [3.8, 4) is 0 Å². The van der Waals surface area contributed by atoms with Gasteiger partial charge in [-0.2, -0.15) is 0 Å². The van der Waals surface area contributed by atoms with Crippen LogP contribution in [0.2, 0.25) is 0 Å². The lowest BCUT2D eigenvalue weighted by atomic mass is 9.60. The van der Waals surface area contributed by atoms with Crippen LogP contribution in [0.3, 0.4) is 0 Å². The number of carbonyl (C=O) groups excluding carboxylic acids is 2. The fourth-order valence-electron chi connectivity index (χ4n) is 11.7. The molecule has 5 atom stereocenters. The summed E-state index contributed by atoms with van der Waals surface area (Å²) >= 11 is 0. The maximum absolute atomic E-state index is 13.1. The number of nitro groups is 1. The quantitative estimate of drug-likeness (QED) is 0.111. The van der Waals surface area contributed by atoms with E-state index in [2.05, 4.69) is 24.5 Å².